The average molecular weight is 420 g/mol. The zero-order chi connectivity index (χ0) is 20.9. The van der Waals surface area contributed by atoms with Gasteiger partial charge in [0.1, 0.15) is 0 Å². The van der Waals surface area contributed by atoms with Gasteiger partial charge in [0.25, 0.3) is 0 Å². The van der Waals surface area contributed by atoms with E-state index in [1.807, 2.05) is 19.1 Å². The number of hydrogen-bond donors (Lipinski definition) is 3. The summed E-state index contributed by atoms with van der Waals surface area (Å²) in [5, 5.41) is 7.06. The van der Waals surface area contributed by atoms with Gasteiger partial charge in [0.05, 0.1) is 12.3 Å². The number of anilines is 1. The van der Waals surface area contributed by atoms with Crippen LogP contribution in [-0.4, -0.2) is 19.8 Å². The Labute approximate surface area is 174 Å². The van der Waals surface area contributed by atoms with Crippen LogP contribution in [0.2, 0.25) is 0 Å². The van der Waals surface area contributed by atoms with Crippen molar-refractivity contribution in [3.63, 3.8) is 0 Å². The van der Waals surface area contributed by atoms with E-state index in [4.69, 9.17) is 12.2 Å². The van der Waals surface area contributed by atoms with Crippen LogP contribution in [0.15, 0.2) is 48.5 Å². The monoisotopic (exact) mass is 419 g/mol. The minimum atomic E-state index is -3.27. The molecule has 0 fully saturated rings. The second-order valence-corrected chi connectivity index (χ2v) is 10.1. The number of benzene rings is 2. The summed E-state index contributed by atoms with van der Waals surface area (Å²) < 4.78 is 25.0. The fraction of sp³-hybridized carbons (Fsp3) is 0.381. The minimum Gasteiger partial charge on any atom is -0.359 e. The van der Waals surface area contributed by atoms with E-state index < -0.39 is 10.0 Å². The second-order valence-electron chi connectivity index (χ2n) is 7.99. The Balaban J connectivity index is 1.87. The van der Waals surface area contributed by atoms with Crippen LogP contribution in [-0.2, 0) is 22.0 Å². The predicted molar refractivity (Wildman–Crippen MR) is 121 cm³/mol. The Hall–Kier alpha value is -2.12. The van der Waals surface area contributed by atoms with Crippen molar-refractivity contribution in [2.75, 3.05) is 11.0 Å². The van der Waals surface area contributed by atoms with Gasteiger partial charge in [-0.05, 0) is 53.4 Å². The molecule has 0 aliphatic rings. The summed E-state index contributed by atoms with van der Waals surface area (Å²) in [4.78, 5) is 0. The van der Waals surface area contributed by atoms with Crippen molar-refractivity contribution in [2.24, 2.45) is 0 Å². The van der Waals surface area contributed by atoms with E-state index in [2.05, 4.69) is 60.4 Å². The van der Waals surface area contributed by atoms with Gasteiger partial charge in [0.15, 0.2) is 5.11 Å². The summed E-state index contributed by atoms with van der Waals surface area (Å²) in [5.41, 5.74) is 4.17. The molecule has 3 N–H and O–H groups in total. The standard InChI is InChI=1S/C21H29N3O2S2/c1-15(17-8-12-19(13-9-17)24-28(5,25)26)23-20(27)22-14-16-6-10-18(11-7-16)21(2,3)4/h6-13,15,24H,14H2,1-5H3,(H2,22,23,27). The summed E-state index contributed by atoms with van der Waals surface area (Å²) in [6.07, 6.45) is 1.13. The Morgan fingerprint density at radius 2 is 1.61 bits per heavy atom. The van der Waals surface area contributed by atoms with E-state index in [1.54, 1.807) is 12.1 Å². The Morgan fingerprint density at radius 1 is 1.04 bits per heavy atom. The third kappa shape index (κ3) is 7.13. The molecule has 0 saturated carbocycles. The molecule has 7 heteroatoms. The summed E-state index contributed by atoms with van der Waals surface area (Å²) >= 11 is 5.40. The molecule has 2 rings (SSSR count). The molecule has 2 aromatic carbocycles. The van der Waals surface area contributed by atoms with Crippen molar-refractivity contribution in [3.8, 4) is 0 Å². The van der Waals surface area contributed by atoms with Crippen molar-refractivity contribution in [2.45, 2.75) is 45.7 Å². The first-order chi connectivity index (χ1) is 12.9. The van der Waals surface area contributed by atoms with Gasteiger partial charge >= 0.3 is 0 Å². The highest BCUT2D eigenvalue weighted by atomic mass is 32.2. The van der Waals surface area contributed by atoms with Gasteiger partial charge in [-0.2, -0.15) is 0 Å². The fourth-order valence-corrected chi connectivity index (χ4v) is 3.50. The summed E-state index contributed by atoms with van der Waals surface area (Å²) in [6, 6.07) is 15.8. The van der Waals surface area contributed by atoms with E-state index in [-0.39, 0.29) is 11.5 Å². The molecule has 2 aromatic rings. The largest absolute Gasteiger partial charge is 0.359 e. The average Bonchev–Trinajstić information content (AvgIpc) is 2.59. The SMILES string of the molecule is CC(NC(=S)NCc1ccc(C(C)(C)C)cc1)c1ccc(NS(C)(=O)=O)cc1. The van der Waals surface area contributed by atoms with E-state index in [0.29, 0.717) is 17.3 Å². The van der Waals surface area contributed by atoms with Crippen LogP contribution >= 0.6 is 12.2 Å². The number of rotatable bonds is 6. The van der Waals surface area contributed by atoms with Gasteiger partial charge in [0.2, 0.25) is 10.0 Å². The molecule has 0 aliphatic carbocycles. The van der Waals surface area contributed by atoms with Crippen molar-refractivity contribution in [3.05, 3.63) is 65.2 Å². The predicted octanol–water partition coefficient (Wildman–Crippen LogP) is 4.08. The molecular formula is C21H29N3O2S2. The highest BCUT2D eigenvalue weighted by Crippen LogP contribution is 2.22. The van der Waals surface area contributed by atoms with Crippen molar-refractivity contribution < 1.29 is 8.42 Å². The van der Waals surface area contributed by atoms with Gasteiger partial charge < -0.3 is 10.6 Å². The number of thiocarbonyl (C=S) groups is 1. The topological polar surface area (TPSA) is 70.2 Å². The molecule has 1 atom stereocenters. The maximum Gasteiger partial charge on any atom is 0.229 e. The zero-order valence-corrected chi connectivity index (χ0v) is 18.7. The second kappa shape index (κ2) is 8.92. The fourth-order valence-electron chi connectivity index (χ4n) is 2.69. The molecule has 0 radical (unpaired) electrons. The van der Waals surface area contributed by atoms with Crippen LogP contribution in [0, 0.1) is 0 Å². The van der Waals surface area contributed by atoms with Crippen molar-refractivity contribution in [1.82, 2.24) is 10.6 Å². The molecule has 0 bridgehead atoms. The Kier molecular flexibility index (Phi) is 7.06. The molecule has 5 nitrogen and oxygen atoms in total. The first kappa shape index (κ1) is 22.2. The summed E-state index contributed by atoms with van der Waals surface area (Å²) in [6.45, 7) is 9.25. The molecule has 0 aromatic heterocycles. The number of sulfonamides is 1. The molecule has 152 valence electrons. The van der Waals surface area contributed by atoms with Crippen LogP contribution in [0.1, 0.15) is 50.4 Å². The lowest BCUT2D eigenvalue weighted by molar-refractivity contribution is 0.590. The third-order valence-electron chi connectivity index (χ3n) is 4.33. The Morgan fingerprint density at radius 3 is 2.11 bits per heavy atom. The summed E-state index contributed by atoms with van der Waals surface area (Å²) in [7, 11) is -3.27. The Bertz CT molecular complexity index is 900. The first-order valence-corrected chi connectivity index (χ1v) is 11.5. The lowest BCUT2D eigenvalue weighted by atomic mass is 9.87. The zero-order valence-electron chi connectivity index (χ0n) is 17.0. The van der Waals surface area contributed by atoms with Gasteiger partial charge in [-0.15, -0.1) is 0 Å². The molecule has 0 saturated heterocycles. The van der Waals surface area contributed by atoms with E-state index >= 15 is 0 Å². The van der Waals surface area contributed by atoms with Crippen molar-refractivity contribution in [1.29, 1.82) is 0 Å². The van der Waals surface area contributed by atoms with E-state index in [9.17, 15) is 8.42 Å². The van der Waals surface area contributed by atoms with Gasteiger partial charge in [0, 0.05) is 12.2 Å². The van der Waals surface area contributed by atoms with Crippen LogP contribution in [0.5, 0.6) is 0 Å². The quantitative estimate of drug-likeness (QED) is 0.616. The van der Waals surface area contributed by atoms with Gasteiger partial charge in [-0.1, -0.05) is 57.2 Å². The van der Waals surface area contributed by atoms with Crippen LogP contribution in [0.3, 0.4) is 0 Å². The maximum atomic E-state index is 11.3. The normalized spacial score (nSPS) is 12.9. The number of nitrogens with one attached hydrogen (secondary N) is 3. The van der Waals surface area contributed by atoms with E-state index in [0.717, 1.165) is 11.8 Å². The van der Waals surface area contributed by atoms with Gasteiger partial charge in [-0.3, -0.25) is 4.72 Å². The molecule has 0 spiro atoms. The molecule has 1 unspecified atom stereocenters. The molecule has 0 aliphatic heterocycles. The molecule has 0 amide bonds. The minimum absolute atomic E-state index is 0.00412. The third-order valence-corrected chi connectivity index (χ3v) is 5.20. The van der Waals surface area contributed by atoms with E-state index in [1.165, 1.54) is 11.1 Å². The van der Waals surface area contributed by atoms with Crippen molar-refractivity contribution >= 4 is 33.0 Å². The smallest absolute Gasteiger partial charge is 0.229 e. The van der Waals surface area contributed by atoms with Crippen LogP contribution in [0.4, 0.5) is 5.69 Å². The van der Waals surface area contributed by atoms with Crippen LogP contribution < -0.4 is 15.4 Å². The number of hydrogen-bond acceptors (Lipinski definition) is 3. The lowest BCUT2D eigenvalue weighted by Gasteiger charge is -2.20. The molecular weight excluding hydrogens is 390 g/mol. The van der Waals surface area contributed by atoms with Gasteiger partial charge in [-0.25, -0.2) is 8.42 Å². The highest BCUT2D eigenvalue weighted by Gasteiger charge is 2.13. The van der Waals surface area contributed by atoms with Crippen LogP contribution in [0.25, 0.3) is 0 Å². The lowest BCUT2D eigenvalue weighted by Crippen LogP contribution is -2.36. The molecule has 28 heavy (non-hydrogen) atoms. The molecule has 0 heterocycles. The summed E-state index contributed by atoms with van der Waals surface area (Å²) in [5.74, 6) is 0. The maximum absolute atomic E-state index is 11.3. The highest BCUT2D eigenvalue weighted by molar-refractivity contribution is 7.92. The first-order valence-electron chi connectivity index (χ1n) is 9.15.